The van der Waals surface area contributed by atoms with E-state index in [9.17, 15) is 9.59 Å². The molecule has 3 aliphatic heterocycles. The van der Waals surface area contributed by atoms with Crippen LogP contribution >= 0.6 is 0 Å². The molecule has 3 aliphatic rings. The van der Waals surface area contributed by atoms with Gasteiger partial charge < -0.3 is 9.80 Å². The summed E-state index contributed by atoms with van der Waals surface area (Å²) < 4.78 is 0. The molecule has 7 nitrogen and oxygen atoms in total. The molecule has 2 unspecified atom stereocenters. The van der Waals surface area contributed by atoms with Gasteiger partial charge in [-0.2, -0.15) is 0 Å². The number of amides is 3. The number of urea groups is 1. The lowest BCUT2D eigenvalue weighted by molar-refractivity contribution is -0.136. The van der Waals surface area contributed by atoms with Crippen LogP contribution in [0.5, 0.6) is 0 Å². The minimum absolute atomic E-state index is 0.215. The Morgan fingerprint density at radius 3 is 2.55 bits per heavy atom. The van der Waals surface area contributed by atoms with Crippen molar-refractivity contribution in [2.75, 3.05) is 18.5 Å². The molecule has 0 spiro atoms. The predicted octanol–water partition coefficient (Wildman–Crippen LogP) is 3.96. The Kier molecular flexibility index (Phi) is 5.04. The van der Waals surface area contributed by atoms with Crippen LogP contribution < -0.4 is 4.90 Å². The maximum atomic E-state index is 13.5. The number of aryl methyl sites for hydroxylation is 2. The first kappa shape index (κ1) is 21.0. The second-order valence-corrected chi connectivity index (χ2v) is 8.75. The van der Waals surface area contributed by atoms with Crippen molar-refractivity contribution < 1.29 is 9.59 Å². The Morgan fingerprint density at radius 2 is 1.79 bits per heavy atom. The number of benzene rings is 2. The minimum atomic E-state index is -0.571. The number of nitrogens with zero attached hydrogens (tertiary/aromatic N) is 5. The van der Waals surface area contributed by atoms with Gasteiger partial charge in [-0.1, -0.05) is 54.6 Å². The zero-order chi connectivity index (χ0) is 23.3. The lowest BCUT2D eigenvalue weighted by Crippen LogP contribution is -2.64. The fourth-order valence-corrected chi connectivity index (χ4v) is 4.64. The molecule has 2 aromatic carbocycles. The average Bonchev–Trinajstić information content (AvgIpc) is 3.31. The average molecular weight is 442 g/mol. The SMILES string of the molecule is CC1=CN2C(=NC3C2C(=O)N(C/C=C/c2ccccc2)C(=O)N3C)N1c1cc(C)ccc1C. The normalized spacial score (nSPS) is 22.2. The summed E-state index contributed by atoms with van der Waals surface area (Å²) in [7, 11) is 1.71. The molecule has 7 heteroatoms. The second-order valence-electron chi connectivity index (χ2n) is 8.75. The number of rotatable bonds is 4. The molecular weight excluding hydrogens is 414 g/mol. The maximum absolute atomic E-state index is 13.5. The van der Waals surface area contributed by atoms with Gasteiger partial charge >= 0.3 is 6.03 Å². The van der Waals surface area contributed by atoms with Gasteiger partial charge in [0.05, 0.1) is 5.69 Å². The number of carbonyl (C=O) groups is 2. The van der Waals surface area contributed by atoms with Gasteiger partial charge in [0.1, 0.15) is 0 Å². The Morgan fingerprint density at radius 1 is 1.03 bits per heavy atom. The quantitative estimate of drug-likeness (QED) is 0.721. The summed E-state index contributed by atoms with van der Waals surface area (Å²) in [6, 6.07) is 15.2. The molecule has 1 fully saturated rings. The molecule has 0 N–H and O–H groups in total. The molecule has 0 saturated carbocycles. The van der Waals surface area contributed by atoms with Crippen LogP contribution in [0.4, 0.5) is 10.5 Å². The van der Waals surface area contributed by atoms with Crippen molar-refractivity contribution in [2.45, 2.75) is 33.0 Å². The van der Waals surface area contributed by atoms with E-state index in [0.717, 1.165) is 28.1 Å². The Hall–Kier alpha value is -3.87. The smallest absolute Gasteiger partial charge is 0.302 e. The number of fused-ring (bicyclic) bond motifs is 3. The third-order valence-corrected chi connectivity index (χ3v) is 6.39. The highest BCUT2D eigenvalue weighted by Crippen LogP contribution is 2.37. The van der Waals surface area contributed by atoms with Crippen LogP contribution in [0.2, 0.25) is 0 Å². The highest BCUT2D eigenvalue weighted by molar-refractivity contribution is 6.10. The van der Waals surface area contributed by atoms with Gasteiger partial charge in [0.25, 0.3) is 5.91 Å². The van der Waals surface area contributed by atoms with Crippen LogP contribution in [-0.2, 0) is 4.79 Å². The Labute approximate surface area is 193 Å². The molecule has 0 bridgehead atoms. The van der Waals surface area contributed by atoms with Crippen LogP contribution in [0.3, 0.4) is 0 Å². The van der Waals surface area contributed by atoms with E-state index < -0.39 is 12.2 Å². The van der Waals surface area contributed by atoms with Crippen LogP contribution in [-0.4, -0.2) is 58.4 Å². The lowest BCUT2D eigenvalue weighted by atomic mass is 10.1. The monoisotopic (exact) mass is 441 g/mol. The molecule has 1 saturated heterocycles. The summed E-state index contributed by atoms with van der Waals surface area (Å²) in [5.41, 5.74) is 5.32. The van der Waals surface area contributed by atoms with Gasteiger partial charge in [0.2, 0.25) is 5.96 Å². The third-order valence-electron chi connectivity index (χ3n) is 6.39. The molecule has 5 rings (SSSR count). The number of carbonyl (C=O) groups excluding carboxylic acids is 2. The number of aliphatic imine (C=N–C) groups is 1. The molecular formula is C26H27N5O2. The van der Waals surface area contributed by atoms with E-state index in [2.05, 4.69) is 36.9 Å². The van der Waals surface area contributed by atoms with Gasteiger partial charge in [0.15, 0.2) is 12.2 Å². The van der Waals surface area contributed by atoms with Gasteiger partial charge in [-0.25, -0.2) is 9.79 Å². The first-order valence-corrected chi connectivity index (χ1v) is 11.1. The van der Waals surface area contributed by atoms with Crippen LogP contribution in [0.25, 0.3) is 6.08 Å². The Bertz CT molecular complexity index is 1220. The largest absolute Gasteiger partial charge is 0.328 e. The van der Waals surface area contributed by atoms with E-state index in [-0.39, 0.29) is 18.5 Å². The Balaban J connectivity index is 1.43. The number of anilines is 1. The third kappa shape index (κ3) is 3.40. The summed E-state index contributed by atoms with van der Waals surface area (Å²) in [5, 5.41) is 0. The zero-order valence-electron chi connectivity index (χ0n) is 19.3. The standard InChI is InChI=1S/C26H27N5O2/c1-17-12-13-18(2)21(15-17)31-19(3)16-30-22-23(27-25(30)31)28(4)26(33)29(24(22)32)14-8-11-20-9-6-5-7-10-20/h5-13,15-16,22-23H,14H2,1-4H3/b11-8+. The fraction of sp³-hybridized carbons (Fsp3) is 0.269. The topological polar surface area (TPSA) is 59.5 Å². The number of imide groups is 1. The molecule has 3 amide bonds. The number of hydrogen-bond donors (Lipinski definition) is 0. The predicted molar refractivity (Wildman–Crippen MR) is 129 cm³/mol. The molecule has 3 heterocycles. The summed E-state index contributed by atoms with van der Waals surface area (Å²) in [6.45, 7) is 6.35. The first-order chi connectivity index (χ1) is 15.9. The summed E-state index contributed by atoms with van der Waals surface area (Å²) in [6.07, 6.45) is 5.19. The molecule has 2 atom stereocenters. The lowest BCUT2D eigenvalue weighted by Gasteiger charge is -2.39. The van der Waals surface area contributed by atoms with E-state index in [1.165, 1.54) is 4.90 Å². The van der Waals surface area contributed by atoms with Crippen molar-refractivity contribution in [3.05, 3.63) is 83.2 Å². The molecule has 0 aromatic heterocycles. The second kappa shape index (κ2) is 7.92. The van der Waals surface area contributed by atoms with Crippen molar-refractivity contribution in [1.82, 2.24) is 14.7 Å². The van der Waals surface area contributed by atoms with Crippen LogP contribution in [0.15, 0.2) is 71.5 Å². The maximum Gasteiger partial charge on any atom is 0.328 e. The van der Waals surface area contributed by atoms with Gasteiger partial charge in [-0.3, -0.25) is 14.6 Å². The molecule has 0 aliphatic carbocycles. The number of guanidine groups is 1. The van der Waals surface area contributed by atoms with Crippen molar-refractivity contribution >= 4 is 29.7 Å². The van der Waals surface area contributed by atoms with Gasteiger partial charge in [-0.05, 0) is 43.5 Å². The molecule has 2 aromatic rings. The fourth-order valence-electron chi connectivity index (χ4n) is 4.64. The van der Waals surface area contributed by atoms with Gasteiger partial charge in [-0.15, -0.1) is 0 Å². The zero-order valence-corrected chi connectivity index (χ0v) is 19.3. The first-order valence-electron chi connectivity index (χ1n) is 11.1. The van der Waals surface area contributed by atoms with Crippen LogP contribution in [0, 0.1) is 13.8 Å². The van der Waals surface area contributed by atoms with Crippen molar-refractivity contribution in [1.29, 1.82) is 0 Å². The molecule has 33 heavy (non-hydrogen) atoms. The van der Waals surface area contributed by atoms with E-state index in [1.54, 1.807) is 11.9 Å². The summed E-state index contributed by atoms with van der Waals surface area (Å²) in [5.74, 6) is 0.456. The van der Waals surface area contributed by atoms with Crippen molar-refractivity contribution in [3.63, 3.8) is 0 Å². The summed E-state index contributed by atoms with van der Waals surface area (Å²) >= 11 is 0. The van der Waals surface area contributed by atoms with E-state index >= 15 is 0 Å². The number of allylic oxidation sites excluding steroid dienone is 1. The van der Waals surface area contributed by atoms with Crippen LogP contribution in [0.1, 0.15) is 23.6 Å². The van der Waals surface area contributed by atoms with Crippen molar-refractivity contribution in [3.8, 4) is 0 Å². The number of hydrogen-bond acceptors (Lipinski definition) is 5. The molecule has 0 radical (unpaired) electrons. The van der Waals surface area contributed by atoms with E-state index in [0.29, 0.717) is 5.96 Å². The highest BCUT2D eigenvalue weighted by Gasteiger charge is 2.54. The summed E-state index contributed by atoms with van der Waals surface area (Å²) in [4.78, 5) is 38.3. The number of likely N-dealkylation sites (N-methyl/N-ethyl adjacent to an activating group) is 1. The minimum Gasteiger partial charge on any atom is -0.302 e. The van der Waals surface area contributed by atoms with E-state index in [1.807, 2.05) is 60.5 Å². The van der Waals surface area contributed by atoms with Crippen molar-refractivity contribution in [2.24, 2.45) is 4.99 Å². The highest BCUT2D eigenvalue weighted by atomic mass is 16.2. The van der Waals surface area contributed by atoms with E-state index in [4.69, 9.17) is 4.99 Å². The van der Waals surface area contributed by atoms with Gasteiger partial charge in [0, 0.05) is 25.5 Å². The molecule has 168 valence electrons.